The fraction of sp³-hybridized carbons (Fsp3) is 0.688. The van der Waals surface area contributed by atoms with Crippen molar-refractivity contribution in [2.24, 2.45) is 39.4 Å². The van der Waals surface area contributed by atoms with Crippen molar-refractivity contribution in [3.8, 4) is 0 Å². The van der Waals surface area contributed by atoms with Gasteiger partial charge in [-0.2, -0.15) is 0 Å². The standard InChI is InChI=1S/C48H65NO6S/c1-29-10-9-20-45(7)37(35-17-13-31(24-34(50)16-11-29)25-36(35)40(51)39-18-12-30(2)56-39)19-21-47(45,54)28-49(27-32-14-15-33-26-38(32)43(33,3)4)41(52)48-23-22-46(8,42(53)55-48)44(48,5)6/h10,12-13,17-18,25,32-34,37-38,50,54H,9,11,14-16,19-24,26-28H2,1-8H3. The number of aryl methyl sites for hydroxylation is 1. The first-order chi connectivity index (χ1) is 26.3. The Bertz CT molecular complexity index is 1960. The van der Waals surface area contributed by atoms with Crippen LogP contribution in [0.1, 0.15) is 156 Å². The number of ketones is 1. The number of hydrogen-bond donors (Lipinski definition) is 2. The summed E-state index contributed by atoms with van der Waals surface area (Å²) in [6.45, 7) is 17.9. The molecule has 2 heterocycles. The van der Waals surface area contributed by atoms with Crippen LogP contribution >= 0.6 is 11.3 Å². The molecule has 0 spiro atoms. The summed E-state index contributed by atoms with van der Waals surface area (Å²) < 4.78 is 6.27. The van der Waals surface area contributed by atoms with Crippen molar-refractivity contribution in [3.63, 3.8) is 0 Å². The molecule has 56 heavy (non-hydrogen) atoms. The van der Waals surface area contributed by atoms with Gasteiger partial charge in [0.25, 0.3) is 5.91 Å². The number of thiophene rings is 1. The highest BCUT2D eigenvalue weighted by molar-refractivity contribution is 7.14. The largest absolute Gasteiger partial charge is 0.448 e. The van der Waals surface area contributed by atoms with E-state index in [-0.39, 0.29) is 35.5 Å². The third-order valence-corrected chi connectivity index (χ3v) is 18.5. The zero-order valence-electron chi connectivity index (χ0n) is 35.1. The number of carbonyl (C=O) groups is 3. The number of carbonyl (C=O) groups excluding carboxylic acids is 3. The Morgan fingerprint density at radius 1 is 0.946 bits per heavy atom. The first-order valence-electron chi connectivity index (χ1n) is 21.6. The van der Waals surface area contributed by atoms with Gasteiger partial charge in [0, 0.05) is 27.8 Å². The van der Waals surface area contributed by atoms with Gasteiger partial charge in [-0.15, -0.1) is 11.3 Å². The molecule has 2 aromatic rings. The summed E-state index contributed by atoms with van der Waals surface area (Å²) in [6.07, 6.45) is 10.7. The van der Waals surface area contributed by atoms with E-state index in [1.807, 2.05) is 50.8 Å². The lowest BCUT2D eigenvalue weighted by Crippen LogP contribution is -2.62. The van der Waals surface area contributed by atoms with Crippen LogP contribution in [0.15, 0.2) is 42.0 Å². The van der Waals surface area contributed by atoms with Gasteiger partial charge in [0.15, 0.2) is 5.60 Å². The molecule has 7 nitrogen and oxygen atoms in total. The summed E-state index contributed by atoms with van der Waals surface area (Å²) in [5.74, 6) is 0.970. The molecule has 1 amide bonds. The minimum Gasteiger partial charge on any atom is -0.448 e. The van der Waals surface area contributed by atoms with E-state index in [4.69, 9.17) is 4.74 Å². The molecule has 0 radical (unpaired) electrons. The predicted octanol–water partition coefficient (Wildman–Crippen LogP) is 9.35. The van der Waals surface area contributed by atoms with Gasteiger partial charge < -0.3 is 19.8 Å². The number of aliphatic hydroxyl groups excluding tert-OH is 1. The molecule has 9 atom stereocenters. The molecule has 7 aliphatic carbocycles. The Hall–Kier alpha value is -2.81. The molecule has 1 saturated heterocycles. The third kappa shape index (κ3) is 5.87. The zero-order chi connectivity index (χ0) is 40.2. The van der Waals surface area contributed by atoms with Crippen molar-refractivity contribution in [1.82, 2.24) is 4.90 Å². The van der Waals surface area contributed by atoms with Gasteiger partial charge in [-0.25, -0.2) is 0 Å². The summed E-state index contributed by atoms with van der Waals surface area (Å²) in [7, 11) is 0. The Balaban J connectivity index is 1.21. The Morgan fingerprint density at radius 3 is 2.36 bits per heavy atom. The van der Waals surface area contributed by atoms with Gasteiger partial charge in [0.05, 0.1) is 28.5 Å². The molecule has 8 aliphatic rings. The number of benzene rings is 1. The Labute approximate surface area is 338 Å². The van der Waals surface area contributed by atoms with Crippen LogP contribution < -0.4 is 0 Å². The lowest BCUT2D eigenvalue weighted by atomic mass is 9.45. The number of nitrogens with zero attached hydrogens (tertiary/aromatic N) is 1. The summed E-state index contributed by atoms with van der Waals surface area (Å²) in [6, 6.07) is 10.1. The number of amides is 1. The monoisotopic (exact) mass is 783 g/mol. The van der Waals surface area contributed by atoms with Gasteiger partial charge in [-0.05, 0) is 156 Å². The fourth-order valence-electron chi connectivity index (χ4n) is 12.9. The van der Waals surface area contributed by atoms with Gasteiger partial charge in [0.1, 0.15) is 0 Å². The van der Waals surface area contributed by atoms with Crippen molar-refractivity contribution < 1.29 is 29.3 Å². The highest BCUT2D eigenvalue weighted by Crippen LogP contribution is 2.67. The smallest absolute Gasteiger partial charge is 0.313 e. The van der Waals surface area contributed by atoms with E-state index < -0.39 is 33.6 Å². The highest BCUT2D eigenvalue weighted by atomic mass is 32.1. The van der Waals surface area contributed by atoms with Crippen LogP contribution in [0.4, 0.5) is 0 Å². The van der Waals surface area contributed by atoms with Crippen molar-refractivity contribution in [3.05, 3.63) is 68.4 Å². The molecule has 8 heteroatoms. The summed E-state index contributed by atoms with van der Waals surface area (Å²) in [5, 5.41) is 24.5. The first-order valence-corrected chi connectivity index (χ1v) is 22.4. The number of hydrogen-bond acceptors (Lipinski definition) is 7. The number of allylic oxidation sites excluding steroid dienone is 2. The molecule has 6 fully saturated rings. The zero-order valence-corrected chi connectivity index (χ0v) is 35.9. The van der Waals surface area contributed by atoms with Crippen molar-refractivity contribution in [1.29, 1.82) is 0 Å². The third-order valence-electron chi connectivity index (χ3n) is 17.5. The molecule has 6 bridgehead atoms. The number of aliphatic hydroxyl groups is 2. The van der Waals surface area contributed by atoms with E-state index in [0.717, 1.165) is 47.6 Å². The molecule has 10 rings (SSSR count). The maximum atomic E-state index is 15.5. The lowest BCUT2D eigenvalue weighted by molar-refractivity contribution is -0.181. The van der Waals surface area contributed by atoms with E-state index in [9.17, 15) is 19.8 Å². The van der Waals surface area contributed by atoms with E-state index in [1.54, 1.807) is 0 Å². The number of rotatable bonds is 7. The minimum atomic E-state index is -1.27. The molecule has 1 aromatic carbocycles. The average molecular weight is 784 g/mol. The van der Waals surface area contributed by atoms with E-state index in [2.05, 4.69) is 45.9 Å². The minimum absolute atomic E-state index is 0.0146. The fourth-order valence-corrected chi connectivity index (χ4v) is 13.7. The van der Waals surface area contributed by atoms with Gasteiger partial charge in [0.2, 0.25) is 5.78 Å². The van der Waals surface area contributed by atoms with Crippen LogP contribution in [0.5, 0.6) is 0 Å². The molecule has 1 aliphatic heterocycles. The van der Waals surface area contributed by atoms with Crippen LogP contribution in [0.25, 0.3) is 0 Å². The average Bonchev–Trinajstić information content (AvgIpc) is 3.80. The molecule has 1 aromatic heterocycles. The molecular weight excluding hydrogens is 719 g/mol. The second kappa shape index (κ2) is 13.6. The van der Waals surface area contributed by atoms with Gasteiger partial charge in [-0.3, -0.25) is 14.4 Å². The number of ether oxygens (including phenoxy) is 1. The van der Waals surface area contributed by atoms with Crippen molar-refractivity contribution in [2.75, 3.05) is 13.1 Å². The Morgan fingerprint density at radius 2 is 1.71 bits per heavy atom. The summed E-state index contributed by atoms with van der Waals surface area (Å²) in [5.41, 5.74) is -0.651. The molecular formula is C48H65NO6S. The predicted molar refractivity (Wildman–Crippen MR) is 221 cm³/mol. The second-order valence-electron chi connectivity index (χ2n) is 20.7. The van der Waals surface area contributed by atoms with Crippen LogP contribution in [-0.4, -0.2) is 63.2 Å². The van der Waals surface area contributed by atoms with Gasteiger partial charge >= 0.3 is 5.97 Å². The molecule has 304 valence electrons. The van der Waals surface area contributed by atoms with E-state index in [1.165, 1.54) is 23.3 Å². The lowest BCUT2D eigenvalue weighted by Gasteiger charge is -2.61. The van der Waals surface area contributed by atoms with Crippen LogP contribution in [0.2, 0.25) is 0 Å². The van der Waals surface area contributed by atoms with Crippen LogP contribution in [-0.2, 0) is 20.7 Å². The van der Waals surface area contributed by atoms with Crippen molar-refractivity contribution >= 4 is 29.0 Å². The second-order valence-corrected chi connectivity index (χ2v) is 22.0. The summed E-state index contributed by atoms with van der Waals surface area (Å²) >= 11 is 1.50. The van der Waals surface area contributed by atoms with Crippen LogP contribution in [0, 0.1) is 46.3 Å². The maximum Gasteiger partial charge on any atom is 0.313 e. The van der Waals surface area contributed by atoms with E-state index >= 15 is 4.79 Å². The SMILES string of the molecule is CC1=CCCC2(C)C(CCC2(O)CN(CC2CCC3CC2C3(C)C)C(=O)C23CCC(C)(C(=O)O2)C3(C)C)c2ccc(cc2C(=O)c2ccc(C)s2)CC(O)CC1. The summed E-state index contributed by atoms with van der Waals surface area (Å²) in [4.78, 5) is 47.2. The van der Waals surface area contributed by atoms with Crippen LogP contribution in [0.3, 0.4) is 0 Å². The molecule has 9 unspecified atom stereocenters. The number of fused-ring (bicyclic) bond motifs is 12. The maximum absolute atomic E-state index is 15.5. The first kappa shape index (κ1) is 40.0. The van der Waals surface area contributed by atoms with E-state index in [0.29, 0.717) is 73.8 Å². The molecule has 2 N–H and O–H groups in total. The topological polar surface area (TPSA) is 104 Å². The number of esters is 1. The highest BCUT2D eigenvalue weighted by Gasteiger charge is 2.76. The Kier molecular flexibility index (Phi) is 9.73. The normalized spacial score (nSPS) is 38.3. The quantitative estimate of drug-likeness (QED) is 0.165. The van der Waals surface area contributed by atoms with Gasteiger partial charge in [-0.1, -0.05) is 58.4 Å². The molecule has 5 saturated carbocycles. The van der Waals surface area contributed by atoms with Crippen molar-refractivity contribution in [2.45, 2.75) is 156 Å².